The molecule has 12 heavy (non-hydrogen) atoms. The Kier molecular flexibility index (Phi) is 7.62. The van der Waals surface area contributed by atoms with Crippen LogP contribution in [-0.4, -0.2) is 29.0 Å². The van der Waals surface area contributed by atoms with E-state index in [1.807, 2.05) is 13.8 Å². The molecule has 1 fully saturated rings. The number of thiol groups is 1. The molecule has 0 bridgehead atoms. The van der Waals surface area contributed by atoms with E-state index in [1.54, 1.807) is 0 Å². The quantitative estimate of drug-likeness (QED) is 0.473. The molecule has 3 nitrogen and oxygen atoms in total. The average Bonchev–Trinajstić information content (AvgIpc) is 2.22. The summed E-state index contributed by atoms with van der Waals surface area (Å²) in [5.74, 6) is -0.330. The number of hydrogen-bond acceptors (Lipinski definition) is 3. The number of likely N-dealkylation sites (tertiary alicyclic amines) is 1. The van der Waals surface area contributed by atoms with E-state index in [0.717, 1.165) is 4.90 Å². The Balaban J connectivity index is 0. The smallest absolute Gasteiger partial charge is 0.242 e. The third-order valence-electron chi connectivity index (χ3n) is 1.36. The fraction of sp³-hybridized carbons (Fsp3) is 0.714. The molecule has 0 radical (unpaired) electrons. The van der Waals surface area contributed by atoms with Gasteiger partial charge in [-0.15, -0.1) is 0 Å². The highest BCUT2D eigenvalue weighted by atomic mass is 32.1. The fourth-order valence-electron chi connectivity index (χ4n) is 0.736. The summed E-state index contributed by atoms with van der Waals surface area (Å²) >= 11 is 3.89. The second-order valence-electron chi connectivity index (χ2n) is 2.01. The molecule has 2 amide bonds. The number of carbonyl (C=O) groups is 2. The Bertz CT molecular complexity index is 173. The van der Waals surface area contributed by atoms with Gasteiger partial charge in [0, 0.05) is 13.5 Å². The van der Waals surface area contributed by atoms with Crippen LogP contribution in [0.2, 0.25) is 0 Å². The van der Waals surface area contributed by atoms with Crippen molar-refractivity contribution in [3.05, 3.63) is 0 Å². The van der Waals surface area contributed by atoms with Gasteiger partial charge in [0.25, 0.3) is 0 Å². The van der Waals surface area contributed by atoms with E-state index in [4.69, 9.17) is 0 Å². The topological polar surface area (TPSA) is 37.4 Å². The van der Waals surface area contributed by atoms with Crippen LogP contribution in [0.4, 0.5) is 0 Å². The van der Waals surface area contributed by atoms with Crippen LogP contribution in [0.15, 0.2) is 0 Å². The van der Waals surface area contributed by atoms with Crippen LogP contribution in [0.25, 0.3) is 0 Å². The predicted molar refractivity (Wildman–Crippen MR) is 56.9 cm³/mol. The van der Waals surface area contributed by atoms with Gasteiger partial charge in [0.05, 0.1) is 5.25 Å². The van der Waals surface area contributed by atoms with Crippen LogP contribution in [0, 0.1) is 0 Å². The maximum absolute atomic E-state index is 10.7. The highest BCUT2D eigenvalue weighted by molar-refractivity contribution is 7.81. The lowest BCUT2D eigenvalue weighted by atomic mass is 10.4. The first kappa shape index (κ1) is 14.4. The standard InChI is InChI=1S/C5H7NO2S.C2H6.H2S/c1-6-4(7)2-3(9)5(6)8;1-2;/h3,9H,2H2,1H3;1-2H3;1H2. The average molecular weight is 209 g/mol. The lowest BCUT2D eigenvalue weighted by Crippen LogP contribution is -2.25. The van der Waals surface area contributed by atoms with Crippen molar-refractivity contribution in [3.63, 3.8) is 0 Å². The summed E-state index contributed by atoms with van der Waals surface area (Å²) in [6.07, 6.45) is 0.248. The van der Waals surface area contributed by atoms with Gasteiger partial charge >= 0.3 is 0 Å². The van der Waals surface area contributed by atoms with Crippen LogP contribution in [0.5, 0.6) is 0 Å². The zero-order valence-electron chi connectivity index (χ0n) is 7.50. The number of rotatable bonds is 0. The van der Waals surface area contributed by atoms with Gasteiger partial charge in [-0.1, -0.05) is 13.8 Å². The molecule has 1 aliphatic heterocycles. The molecule has 5 heteroatoms. The molecule has 1 saturated heterocycles. The molecule has 1 unspecified atom stereocenters. The molecule has 72 valence electrons. The van der Waals surface area contributed by atoms with Crippen LogP contribution < -0.4 is 0 Å². The largest absolute Gasteiger partial charge is 0.285 e. The summed E-state index contributed by atoms with van der Waals surface area (Å²) in [5.41, 5.74) is 0. The van der Waals surface area contributed by atoms with Crippen LogP contribution >= 0.6 is 26.1 Å². The second kappa shape index (κ2) is 6.37. The van der Waals surface area contributed by atoms with Gasteiger partial charge in [-0.2, -0.15) is 26.1 Å². The van der Waals surface area contributed by atoms with Crippen molar-refractivity contribution < 1.29 is 9.59 Å². The molecular weight excluding hydrogens is 194 g/mol. The number of hydrogen-bond donors (Lipinski definition) is 1. The Labute approximate surface area is 85.4 Å². The van der Waals surface area contributed by atoms with Gasteiger partial charge in [0.1, 0.15) is 0 Å². The number of imide groups is 1. The van der Waals surface area contributed by atoms with Crippen LogP contribution in [0.1, 0.15) is 20.3 Å². The van der Waals surface area contributed by atoms with E-state index in [2.05, 4.69) is 12.6 Å². The summed E-state index contributed by atoms with van der Waals surface area (Å²) in [6, 6.07) is 0. The molecule has 1 rings (SSSR count). The molecule has 1 aliphatic rings. The van der Waals surface area contributed by atoms with Crippen molar-refractivity contribution in [2.75, 3.05) is 7.05 Å². The lowest BCUT2D eigenvalue weighted by molar-refractivity contribution is -0.136. The molecule has 0 spiro atoms. The van der Waals surface area contributed by atoms with Crippen molar-refractivity contribution in [2.45, 2.75) is 25.5 Å². The number of carbonyl (C=O) groups excluding carboxylic acids is 2. The summed E-state index contributed by atoms with van der Waals surface area (Å²) < 4.78 is 0. The summed E-state index contributed by atoms with van der Waals surface area (Å²) in [7, 11) is 1.47. The van der Waals surface area contributed by atoms with Gasteiger partial charge in [0.2, 0.25) is 11.8 Å². The Morgan fingerprint density at radius 3 is 1.92 bits per heavy atom. The van der Waals surface area contributed by atoms with Crippen molar-refractivity contribution in [1.29, 1.82) is 0 Å². The van der Waals surface area contributed by atoms with Crippen LogP contribution in [-0.2, 0) is 9.59 Å². The van der Waals surface area contributed by atoms with Gasteiger partial charge in [-0.25, -0.2) is 0 Å². The van der Waals surface area contributed by atoms with Crippen molar-refractivity contribution in [3.8, 4) is 0 Å². The summed E-state index contributed by atoms with van der Waals surface area (Å²) in [6.45, 7) is 4.00. The Hall–Kier alpha value is -0.160. The SMILES string of the molecule is CC.CN1C(=O)CC(S)C1=O.S. The van der Waals surface area contributed by atoms with Crippen molar-refractivity contribution in [1.82, 2.24) is 4.90 Å². The maximum Gasteiger partial charge on any atom is 0.242 e. The number of amides is 2. The minimum Gasteiger partial charge on any atom is -0.285 e. The molecule has 0 aromatic carbocycles. The van der Waals surface area contributed by atoms with E-state index in [-0.39, 0.29) is 31.7 Å². The normalized spacial score (nSPS) is 21.3. The van der Waals surface area contributed by atoms with Crippen LogP contribution in [0.3, 0.4) is 0 Å². The highest BCUT2D eigenvalue weighted by Gasteiger charge is 2.32. The molecule has 1 heterocycles. The first-order valence-corrected chi connectivity index (χ1v) is 4.13. The first-order chi connectivity index (χ1) is 5.13. The Morgan fingerprint density at radius 2 is 1.83 bits per heavy atom. The maximum atomic E-state index is 10.7. The van der Waals surface area contributed by atoms with Gasteiger partial charge in [-0.3, -0.25) is 14.5 Å². The molecule has 0 N–H and O–H groups in total. The fourth-order valence-corrected chi connectivity index (χ4v) is 1.07. The highest BCUT2D eigenvalue weighted by Crippen LogP contribution is 2.14. The molecule has 0 aliphatic carbocycles. The Morgan fingerprint density at radius 1 is 1.42 bits per heavy atom. The molecule has 0 saturated carbocycles. The van der Waals surface area contributed by atoms with Crippen molar-refractivity contribution in [2.24, 2.45) is 0 Å². The zero-order valence-corrected chi connectivity index (χ0v) is 9.39. The third-order valence-corrected chi connectivity index (χ3v) is 1.76. The summed E-state index contributed by atoms with van der Waals surface area (Å²) in [4.78, 5) is 22.5. The summed E-state index contributed by atoms with van der Waals surface area (Å²) in [5, 5.41) is -0.400. The first-order valence-electron chi connectivity index (χ1n) is 3.61. The van der Waals surface area contributed by atoms with E-state index in [1.165, 1.54) is 7.05 Å². The predicted octanol–water partition coefficient (Wildman–Crippen LogP) is 0.812. The zero-order chi connectivity index (χ0) is 9.02. The second-order valence-corrected chi connectivity index (χ2v) is 2.63. The van der Waals surface area contributed by atoms with Gasteiger partial charge in [-0.05, 0) is 0 Å². The van der Waals surface area contributed by atoms with Gasteiger partial charge < -0.3 is 0 Å². The molecular formula is C7H15NO2S2. The number of nitrogens with zero attached hydrogens (tertiary/aromatic N) is 1. The van der Waals surface area contributed by atoms with E-state index >= 15 is 0 Å². The third kappa shape index (κ3) is 3.06. The van der Waals surface area contributed by atoms with E-state index < -0.39 is 5.25 Å². The van der Waals surface area contributed by atoms with E-state index in [9.17, 15) is 9.59 Å². The van der Waals surface area contributed by atoms with E-state index in [0.29, 0.717) is 0 Å². The molecule has 0 aromatic heterocycles. The molecule has 1 atom stereocenters. The monoisotopic (exact) mass is 209 g/mol. The van der Waals surface area contributed by atoms with Gasteiger partial charge in [0.15, 0.2) is 0 Å². The minimum atomic E-state index is -0.400. The van der Waals surface area contributed by atoms with Crippen molar-refractivity contribution >= 4 is 37.9 Å². The molecule has 0 aromatic rings. The minimum absolute atomic E-state index is 0. The lowest BCUT2D eigenvalue weighted by Gasteiger charge is -2.02.